The highest BCUT2D eigenvalue weighted by atomic mass is 32.2. The number of halogens is 1. The number of hydrogen-bond acceptors (Lipinski definition) is 5. The number of carbonyl (C=O) groups is 2. The van der Waals surface area contributed by atoms with Gasteiger partial charge in [-0.15, -0.1) is 0 Å². The molecular weight excluding hydrogens is 581 g/mol. The van der Waals surface area contributed by atoms with Gasteiger partial charge in [-0.3, -0.25) is 13.9 Å². The zero-order valence-electron chi connectivity index (χ0n) is 24.9. The summed E-state index contributed by atoms with van der Waals surface area (Å²) in [6.45, 7) is 3.01. The number of rotatable bonds is 13. The van der Waals surface area contributed by atoms with Crippen molar-refractivity contribution in [3.8, 4) is 5.75 Å². The zero-order valence-corrected chi connectivity index (χ0v) is 25.7. The van der Waals surface area contributed by atoms with Crippen molar-refractivity contribution < 1.29 is 27.1 Å². The van der Waals surface area contributed by atoms with Gasteiger partial charge >= 0.3 is 0 Å². The van der Waals surface area contributed by atoms with E-state index >= 15 is 0 Å². The summed E-state index contributed by atoms with van der Waals surface area (Å²) in [5.74, 6) is -0.943. The Morgan fingerprint density at radius 2 is 1.41 bits per heavy atom. The maximum absolute atomic E-state index is 14.3. The van der Waals surface area contributed by atoms with Crippen LogP contribution in [0.5, 0.6) is 5.75 Å². The van der Waals surface area contributed by atoms with Gasteiger partial charge in [-0.2, -0.15) is 0 Å². The SMILES string of the molecule is COc1ccc(S(=O)(=O)N(CC(=O)N(Cc2ccc(F)cc2)[C@@H](Cc2ccccc2)C(=O)NC(C)C)c2ccccc2)cc1. The molecule has 0 aliphatic rings. The van der Waals surface area contributed by atoms with Gasteiger partial charge in [0.2, 0.25) is 11.8 Å². The molecule has 44 heavy (non-hydrogen) atoms. The van der Waals surface area contributed by atoms with Crippen molar-refractivity contribution in [2.75, 3.05) is 18.0 Å². The second-order valence-electron chi connectivity index (χ2n) is 10.5. The van der Waals surface area contributed by atoms with Crippen LogP contribution in [0.4, 0.5) is 10.1 Å². The van der Waals surface area contributed by atoms with E-state index in [2.05, 4.69) is 5.32 Å². The fourth-order valence-electron chi connectivity index (χ4n) is 4.72. The van der Waals surface area contributed by atoms with Gasteiger partial charge in [-0.05, 0) is 73.5 Å². The van der Waals surface area contributed by atoms with Crippen LogP contribution in [0.3, 0.4) is 0 Å². The molecule has 1 N–H and O–H groups in total. The molecule has 2 amide bonds. The maximum Gasteiger partial charge on any atom is 0.264 e. The third-order valence-corrected chi connectivity index (χ3v) is 8.73. The molecule has 4 aromatic rings. The minimum Gasteiger partial charge on any atom is -0.497 e. The standard InChI is InChI=1S/C34H36FN3O5S/c1-25(2)36-34(40)32(22-26-10-6-4-7-11-26)37(23-27-14-16-28(35)17-15-27)33(39)24-38(29-12-8-5-9-13-29)44(41,42)31-20-18-30(43-3)19-21-31/h4-21,25,32H,22-24H2,1-3H3,(H,36,40)/t32-/m0/s1. The fourth-order valence-corrected chi connectivity index (χ4v) is 6.13. The highest BCUT2D eigenvalue weighted by molar-refractivity contribution is 7.92. The minimum absolute atomic E-state index is 0.0292. The summed E-state index contributed by atoms with van der Waals surface area (Å²) < 4.78 is 48.0. The van der Waals surface area contributed by atoms with E-state index in [1.54, 1.807) is 42.5 Å². The van der Waals surface area contributed by atoms with E-state index in [0.29, 0.717) is 11.3 Å². The first kappa shape index (κ1) is 32.2. The molecule has 0 radical (unpaired) electrons. The topological polar surface area (TPSA) is 96.0 Å². The number of amides is 2. The van der Waals surface area contributed by atoms with E-state index in [0.717, 1.165) is 9.87 Å². The molecule has 0 unspecified atom stereocenters. The molecule has 0 saturated carbocycles. The van der Waals surface area contributed by atoms with Crippen LogP contribution in [-0.4, -0.2) is 50.9 Å². The molecule has 0 aromatic heterocycles. The number of ether oxygens (including phenoxy) is 1. The molecule has 4 aromatic carbocycles. The third-order valence-electron chi connectivity index (χ3n) is 6.94. The second-order valence-corrected chi connectivity index (χ2v) is 12.4. The first-order valence-corrected chi connectivity index (χ1v) is 15.6. The monoisotopic (exact) mass is 617 g/mol. The lowest BCUT2D eigenvalue weighted by Crippen LogP contribution is -2.54. The first-order valence-electron chi connectivity index (χ1n) is 14.2. The van der Waals surface area contributed by atoms with Gasteiger partial charge in [-0.1, -0.05) is 60.7 Å². The van der Waals surface area contributed by atoms with Gasteiger partial charge < -0.3 is 15.0 Å². The van der Waals surface area contributed by atoms with E-state index in [9.17, 15) is 22.4 Å². The predicted octanol–water partition coefficient (Wildman–Crippen LogP) is 5.19. The van der Waals surface area contributed by atoms with Gasteiger partial charge in [0.25, 0.3) is 10.0 Å². The summed E-state index contributed by atoms with van der Waals surface area (Å²) in [5.41, 5.74) is 1.68. The van der Waals surface area contributed by atoms with Crippen molar-refractivity contribution in [2.45, 2.75) is 43.8 Å². The lowest BCUT2D eigenvalue weighted by atomic mass is 10.0. The Balaban J connectivity index is 1.78. The Bertz CT molecular complexity index is 1630. The van der Waals surface area contributed by atoms with Crippen LogP contribution in [-0.2, 0) is 32.6 Å². The van der Waals surface area contributed by atoms with E-state index < -0.39 is 34.3 Å². The highest BCUT2D eigenvalue weighted by Crippen LogP contribution is 2.26. The van der Waals surface area contributed by atoms with Gasteiger partial charge in [0, 0.05) is 19.0 Å². The van der Waals surface area contributed by atoms with Crippen molar-refractivity contribution in [2.24, 2.45) is 0 Å². The summed E-state index contributed by atoms with van der Waals surface area (Å²) in [4.78, 5) is 29.4. The first-order chi connectivity index (χ1) is 21.1. The molecule has 8 nitrogen and oxygen atoms in total. The van der Waals surface area contributed by atoms with Gasteiger partial charge in [-0.25, -0.2) is 12.8 Å². The van der Waals surface area contributed by atoms with Crippen LogP contribution in [0.2, 0.25) is 0 Å². The molecule has 0 heterocycles. The lowest BCUT2D eigenvalue weighted by Gasteiger charge is -2.34. The quantitative estimate of drug-likeness (QED) is 0.223. The summed E-state index contributed by atoms with van der Waals surface area (Å²) in [5, 5.41) is 2.91. The van der Waals surface area contributed by atoms with E-state index in [1.165, 1.54) is 48.4 Å². The minimum atomic E-state index is -4.23. The van der Waals surface area contributed by atoms with Gasteiger partial charge in [0.15, 0.2) is 0 Å². The number of nitrogens with one attached hydrogen (secondary N) is 1. The largest absolute Gasteiger partial charge is 0.497 e. The van der Waals surface area contributed by atoms with E-state index in [-0.39, 0.29) is 35.5 Å². The third kappa shape index (κ3) is 8.23. The average molecular weight is 618 g/mol. The average Bonchev–Trinajstić information content (AvgIpc) is 3.02. The molecule has 0 bridgehead atoms. The Kier molecular flexibility index (Phi) is 10.7. The number of benzene rings is 4. The molecule has 0 aliphatic heterocycles. The smallest absolute Gasteiger partial charge is 0.264 e. The van der Waals surface area contributed by atoms with Crippen LogP contribution in [0.1, 0.15) is 25.0 Å². The second kappa shape index (κ2) is 14.7. The number of methoxy groups -OCH3 is 1. The summed E-state index contributed by atoms with van der Waals surface area (Å²) in [6.07, 6.45) is 0.183. The molecular formula is C34H36FN3O5S. The summed E-state index contributed by atoms with van der Waals surface area (Å²) >= 11 is 0. The van der Waals surface area contributed by atoms with Crippen molar-refractivity contribution >= 4 is 27.5 Å². The number of sulfonamides is 1. The Morgan fingerprint density at radius 1 is 0.818 bits per heavy atom. The van der Waals surface area contributed by atoms with Crippen molar-refractivity contribution in [1.29, 1.82) is 0 Å². The number of para-hydroxylation sites is 1. The van der Waals surface area contributed by atoms with Crippen molar-refractivity contribution in [3.05, 3.63) is 126 Å². The zero-order chi connectivity index (χ0) is 31.7. The molecule has 0 aliphatic carbocycles. The van der Waals surface area contributed by atoms with Crippen molar-refractivity contribution in [1.82, 2.24) is 10.2 Å². The Labute approximate surface area is 258 Å². The Morgan fingerprint density at radius 3 is 1.98 bits per heavy atom. The molecule has 10 heteroatoms. The summed E-state index contributed by atoms with van der Waals surface area (Å²) in [7, 11) is -2.75. The molecule has 0 saturated heterocycles. The predicted molar refractivity (Wildman–Crippen MR) is 168 cm³/mol. The van der Waals surface area contributed by atoms with Crippen LogP contribution in [0, 0.1) is 5.82 Å². The molecule has 0 spiro atoms. The molecule has 1 atom stereocenters. The number of anilines is 1. The fraction of sp³-hybridized carbons (Fsp3) is 0.235. The lowest BCUT2D eigenvalue weighted by molar-refractivity contribution is -0.140. The van der Waals surface area contributed by atoms with Gasteiger partial charge in [0.1, 0.15) is 24.2 Å². The van der Waals surface area contributed by atoms with Crippen LogP contribution in [0.15, 0.2) is 114 Å². The molecule has 230 valence electrons. The highest BCUT2D eigenvalue weighted by Gasteiger charge is 2.34. The number of nitrogens with zero attached hydrogens (tertiary/aromatic N) is 2. The molecule has 4 rings (SSSR count). The Hall–Kier alpha value is -4.70. The number of carbonyl (C=O) groups excluding carboxylic acids is 2. The van der Waals surface area contributed by atoms with Crippen LogP contribution < -0.4 is 14.4 Å². The van der Waals surface area contributed by atoms with E-state index in [4.69, 9.17) is 4.74 Å². The molecule has 0 fully saturated rings. The van der Waals surface area contributed by atoms with Gasteiger partial charge in [0.05, 0.1) is 17.7 Å². The van der Waals surface area contributed by atoms with Crippen molar-refractivity contribution in [3.63, 3.8) is 0 Å². The van der Waals surface area contributed by atoms with Crippen LogP contribution in [0.25, 0.3) is 0 Å². The normalized spacial score (nSPS) is 11.9. The van der Waals surface area contributed by atoms with Crippen LogP contribution >= 0.6 is 0 Å². The van der Waals surface area contributed by atoms with E-state index in [1.807, 2.05) is 44.2 Å². The summed E-state index contributed by atoms with van der Waals surface area (Å²) in [6, 6.07) is 27.9. The maximum atomic E-state index is 14.3. The number of hydrogen-bond donors (Lipinski definition) is 1.